The summed E-state index contributed by atoms with van der Waals surface area (Å²) in [4.78, 5) is 5.50. The fourth-order valence-electron chi connectivity index (χ4n) is 1.59. The van der Waals surface area contributed by atoms with Crippen molar-refractivity contribution >= 4 is 11.3 Å². The van der Waals surface area contributed by atoms with Crippen molar-refractivity contribution in [2.75, 3.05) is 6.54 Å². The van der Waals surface area contributed by atoms with Gasteiger partial charge in [0.05, 0.1) is 6.04 Å². The minimum atomic E-state index is 0.281. The van der Waals surface area contributed by atoms with E-state index in [1.54, 1.807) is 17.5 Å². The maximum Gasteiger partial charge on any atom is 0.0686 e. The van der Waals surface area contributed by atoms with Crippen molar-refractivity contribution in [3.8, 4) is 0 Å². The molecule has 0 radical (unpaired) electrons. The van der Waals surface area contributed by atoms with Crippen molar-refractivity contribution in [1.82, 2.24) is 10.3 Å². The Bertz CT molecular complexity index is 383. The third-order valence-corrected chi connectivity index (χ3v) is 3.19. The van der Waals surface area contributed by atoms with Gasteiger partial charge < -0.3 is 5.32 Å². The quantitative estimate of drug-likeness (QED) is 0.853. The molecule has 2 heterocycles. The van der Waals surface area contributed by atoms with Crippen LogP contribution < -0.4 is 5.32 Å². The van der Waals surface area contributed by atoms with E-state index in [9.17, 15) is 0 Å². The predicted octanol–water partition coefficient (Wildman–Crippen LogP) is 2.84. The molecule has 2 aromatic rings. The van der Waals surface area contributed by atoms with Crippen molar-refractivity contribution in [1.29, 1.82) is 0 Å². The smallest absolute Gasteiger partial charge is 0.0686 e. The first-order valence-corrected chi connectivity index (χ1v) is 5.96. The zero-order chi connectivity index (χ0) is 10.5. The van der Waals surface area contributed by atoms with Crippen LogP contribution in [-0.2, 0) is 0 Å². The summed E-state index contributed by atoms with van der Waals surface area (Å²) in [5.41, 5.74) is 1.22. The average Bonchev–Trinajstić information content (AvgIpc) is 2.80. The molecule has 3 heteroatoms. The Kier molecular flexibility index (Phi) is 3.48. The highest BCUT2D eigenvalue weighted by atomic mass is 32.1. The molecule has 0 spiro atoms. The van der Waals surface area contributed by atoms with Crippen LogP contribution in [0, 0.1) is 0 Å². The Balaban J connectivity index is 2.28. The van der Waals surface area contributed by atoms with Gasteiger partial charge in [-0.25, -0.2) is 0 Å². The van der Waals surface area contributed by atoms with Gasteiger partial charge in [-0.1, -0.05) is 19.1 Å². The summed E-state index contributed by atoms with van der Waals surface area (Å²) >= 11 is 1.78. The number of nitrogens with zero attached hydrogens (tertiary/aromatic N) is 1. The number of aromatic nitrogens is 1. The van der Waals surface area contributed by atoms with E-state index in [4.69, 9.17) is 0 Å². The normalized spacial score (nSPS) is 12.6. The summed E-state index contributed by atoms with van der Waals surface area (Å²) < 4.78 is 0. The van der Waals surface area contributed by atoms with E-state index >= 15 is 0 Å². The molecular weight excluding hydrogens is 204 g/mol. The molecule has 0 saturated heterocycles. The number of hydrogen-bond donors (Lipinski definition) is 1. The van der Waals surface area contributed by atoms with Crippen molar-refractivity contribution in [3.63, 3.8) is 0 Å². The van der Waals surface area contributed by atoms with Crippen molar-refractivity contribution < 1.29 is 0 Å². The van der Waals surface area contributed by atoms with Gasteiger partial charge in [-0.05, 0) is 29.6 Å². The summed E-state index contributed by atoms with van der Waals surface area (Å²) in [7, 11) is 0. The first-order valence-electron chi connectivity index (χ1n) is 5.08. The van der Waals surface area contributed by atoms with Crippen LogP contribution in [0.5, 0.6) is 0 Å². The first kappa shape index (κ1) is 10.3. The number of nitrogens with one attached hydrogen (secondary N) is 1. The van der Waals surface area contributed by atoms with Gasteiger partial charge in [0.15, 0.2) is 0 Å². The van der Waals surface area contributed by atoms with Crippen molar-refractivity contribution in [2.45, 2.75) is 13.0 Å². The van der Waals surface area contributed by atoms with Crippen molar-refractivity contribution in [3.05, 3.63) is 52.5 Å². The lowest BCUT2D eigenvalue weighted by molar-refractivity contribution is 0.637. The summed E-state index contributed by atoms with van der Waals surface area (Å²) in [5, 5.41) is 5.58. The van der Waals surface area contributed by atoms with Crippen molar-refractivity contribution in [2.24, 2.45) is 0 Å². The molecule has 0 aromatic carbocycles. The van der Waals surface area contributed by atoms with Crippen LogP contribution in [-0.4, -0.2) is 11.5 Å². The van der Waals surface area contributed by atoms with Gasteiger partial charge in [-0.2, -0.15) is 0 Å². The van der Waals surface area contributed by atoms with E-state index in [2.05, 4.69) is 40.8 Å². The standard InChI is InChI=1S/C12H14N2S/c1-2-14-12(11-6-4-8-15-11)10-5-3-7-13-9-10/h3-9,12,14H,2H2,1H3. The van der Waals surface area contributed by atoms with Gasteiger partial charge in [-0.15, -0.1) is 11.3 Å². The van der Waals surface area contributed by atoms with Crippen LogP contribution >= 0.6 is 11.3 Å². The lowest BCUT2D eigenvalue weighted by atomic mass is 10.1. The van der Waals surface area contributed by atoms with E-state index in [1.807, 2.05) is 12.3 Å². The summed E-state index contributed by atoms with van der Waals surface area (Å²) in [6.45, 7) is 3.08. The Hall–Kier alpha value is -1.19. The van der Waals surface area contributed by atoms with E-state index < -0.39 is 0 Å². The van der Waals surface area contributed by atoms with Gasteiger partial charge in [0, 0.05) is 17.3 Å². The molecule has 0 bridgehead atoms. The molecule has 0 aliphatic carbocycles. The molecule has 0 amide bonds. The number of thiophene rings is 1. The molecule has 15 heavy (non-hydrogen) atoms. The number of pyridine rings is 1. The second-order valence-electron chi connectivity index (χ2n) is 3.29. The molecule has 1 atom stereocenters. The molecule has 0 aliphatic heterocycles. The molecule has 78 valence electrons. The molecule has 0 aliphatic rings. The average molecular weight is 218 g/mol. The summed E-state index contributed by atoms with van der Waals surface area (Å²) in [6.07, 6.45) is 3.73. The lowest BCUT2D eigenvalue weighted by Gasteiger charge is -2.16. The van der Waals surface area contributed by atoms with Gasteiger partial charge in [0.1, 0.15) is 0 Å². The third kappa shape index (κ3) is 2.43. The largest absolute Gasteiger partial charge is 0.306 e. The SMILES string of the molecule is CCNC(c1cccnc1)c1cccs1. The molecule has 2 nitrogen and oxygen atoms in total. The molecule has 2 aromatic heterocycles. The van der Waals surface area contributed by atoms with E-state index in [0.29, 0.717) is 0 Å². The van der Waals surface area contributed by atoms with E-state index in [0.717, 1.165) is 6.54 Å². The van der Waals surface area contributed by atoms with Crippen LogP contribution in [0.3, 0.4) is 0 Å². The lowest BCUT2D eigenvalue weighted by Crippen LogP contribution is -2.21. The minimum absolute atomic E-state index is 0.281. The second-order valence-corrected chi connectivity index (χ2v) is 4.27. The third-order valence-electron chi connectivity index (χ3n) is 2.25. The minimum Gasteiger partial charge on any atom is -0.306 e. The molecular formula is C12H14N2S. The van der Waals surface area contributed by atoms with Crippen LogP contribution in [0.1, 0.15) is 23.4 Å². The fourth-order valence-corrected chi connectivity index (χ4v) is 2.42. The van der Waals surface area contributed by atoms with Gasteiger partial charge in [-0.3, -0.25) is 4.98 Å². The second kappa shape index (κ2) is 5.05. The molecule has 0 saturated carbocycles. The van der Waals surface area contributed by atoms with Crippen LogP contribution in [0.15, 0.2) is 42.0 Å². The maximum absolute atomic E-state index is 4.16. The van der Waals surface area contributed by atoms with Gasteiger partial charge in [0.25, 0.3) is 0 Å². The first-order chi connectivity index (χ1) is 7.42. The Morgan fingerprint density at radius 3 is 2.93 bits per heavy atom. The van der Waals surface area contributed by atoms with E-state index in [-0.39, 0.29) is 6.04 Å². The molecule has 2 rings (SSSR count). The summed E-state index contributed by atoms with van der Waals surface area (Å²) in [5.74, 6) is 0. The van der Waals surface area contributed by atoms with Gasteiger partial charge in [0.2, 0.25) is 0 Å². The number of rotatable bonds is 4. The maximum atomic E-state index is 4.16. The highest BCUT2D eigenvalue weighted by molar-refractivity contribution is 7.10. The topological polar surface area (TPSA) is 24.9 Å². The van der Waals surface area contributed by atoms with E-state index in [1.165, 1.54) is 10.4 Å². The molecule has 1 N–H and O–H groups in total. The zero-order valence-corrected chi connectivity index (χ0v) is 9.50. The predicted molar refractivity (Wildman–Crippen MR) is 64.1 cm³/mol. The monoisotopic (exact) mass is 218 g/mol. The Morgan fingerprint density at radius 1 is 1.40 bits per heavy atom. The zero-order valence-electron chi connectivity index (χ0n) is 8.68. The van der Waals surface area contributed by atoms with Crippen LogP contribution in [0.4, 0.5) is 0 Å². The highest BCUT2D eigenvalue weighted by Gasteiger charge is 2.13. The van der Waals surface area contributed by atoms with Crippen LogP contribution in [0.25, 0.3) is 0 Å². The molecule has 1 unspecified atom stereocenters. The van der Waals surface area contributed by atoms with Crippen LogP contribution in [0.2, 0.25) is 0 Å². The Labute approximate surface area is 94.0 Å². The molecule has 0 fully saturated rings. The van der Waals surface area contributed by atoms with Gasteiger partial charge >= 0.3 is 0 Å². The summed E-state index contributed by atoms with van der Waals surface area (Å²) in [6, 6.07) is 8.61. The Morgan fingerprint density at radius 2 is 2.33 bits per heavy atom. The number of hydrogen-bond acceptors (Lipinski definition) is 3. The highest BCUT2D eigenvalue weighted by Crippen LogP contribution is 2.24. The fraction of sp³-hybridized carbons (Fsp3) is 0.250.